The van der Waals surface area contributed by atoms with Gasteiger partial charge in [0.2, 0.25) is 5.91 Å². The molecule has 1 fully saturated rings. The van der Waals surface area contributed by atoms with Gasteiger partial charge < -0.3 is 15.4 Å². The molecule has 0 unspecified atom stereocenters. The summed E-state index contributed by atoms with van der Waals surface area (Å²) >= 11 is 0. The van der Waals surface area contributed by atoms with Gasteiger partial charge in [-0.15, -0.1) is 0 Å². The largest absolute Gasteiger partial charge is 0.496 e. The lowest BCUT2D eigenvalue weighted by Gasteiger charge is -2.33. The third-order valence-electron chi connectivity index (χ3n) is 5.63. The third-order valence-corrected chi connectivity index (χ3v) is 5.63. The minimum absolute atomic E-state index is 0.0550. The molecule has 4 amide bonds. The van der Waals surface area contributed by atoms with E-state index >= 15 is 0 Å². The number of fused-ring (bicyclic) bond motifs is 2. The van der Waals surface area contributed by atoms with Crippen LogP contribution in [0.2, 0.25) is 0 Å². The van der Waals surface area contributed by atoms with Gasteiger partial charge in [-0.1, -0.05) is 24.3 Å². The van der Waals surface area contributed by atoms with Crippen molar-refractivity contribution >= 4 is 29.2 Å². The molecule has 1 atom stereocenters. The summed E-state index contributed by atoms with van der Waals surface area (Å²) in [6.07, 6.45) is 1.97. The van der Waals surface area contributed by atoms with Crippen LogP contribution in [-0.4, -0.2) is 41.3 Å². The molecule has 10 nitrogen and oxygen atoms in total. The van der Waals surface area contributed by atoms with Crippen LogP contribution in [0.25, 0.3) is 0 Å². The van der Waals surface area contributed by atoms with Crippen molar-refractivity contribution < 1.29 is 24.0 Å². The summed E-state index contributed by atoms with van der Waals surface area (Å²) in [7, 11) is 1.37. The van der Waals surface area contributed by atoms with Crippen molar-refractivity contribution in [2.24, 2.45) is 0 Å². The van der Waals surface area contributed by atoms with Crippen molar-refractivity contribution in [3.05, 3.63) is 63.7 Å². The van der Waals surface area contributed by atoms with Crippen LogP contribution in [0.3, 0.4) is 0 Å². The predicted molar refractivity (Wildman–Crippen MR) is 110 cm³/mol. The van der Waals surface area contributed by atoms with Crippen LogP contribution in [0.5, 0.6) is 5.75 Å². The number of nitro groups is 1. The summed E-state index contributed by atoms with van der Waals surface area (Å²) in [4.78, 5) is 49.9. The van der Waals surface area contributed by atoms with E-state index in [0.29, 0.717) is 6.42 Å². The first kappa shape index (κ1) is 20.3. The molecule has 0 bridgehead atoms. The second-order valence-electron chi connectivity index (χ2n) is 7.43. The van der Waals surface area contributed by atoms with E-state index in [2.05, 4.69) is 10.6 Å². The van der Waals surface area contributed by atoms with Crippen molar-refractivity contribution in [1.82, 2.24) is 10.2 Å². The first-order chi connectivity index (χ1) is 14.9. The normalized spacial score (nSPS) is 19.7. The number of urea groups is 1. The molecule has 31 heavy (non-hydrogen) atoms. The molecule has 160 valence electrons. The monoisotopic (exact) mass is 424 g/mol. The van der Waals surface area contributed by atoms with Crippen LogP contribution in [0.4, 0.5) is 16.2 Å². The van der Waals surface area contributed by atoms with Crippen molar-refractivity contribution in [2.75, 3.05) is 19.0 Å². The Bertz CT molecular complexity index is 1100. The van der Waals surface area contributed by atoms with Gasteiger partial charge in [0.05, 0.1) is 18.1 Å². The Hall–Kier alpha value is -3.95. The fourth-order valence-corrected chi connectivity index (χ4v) is 4.18. The number of rotatable bonds is 5. The quantitative estimate of drug-likeness (QED) is 0.430. The molecule has 1 spiro atoms. The van der Waals surface area contributed by atoms with Crippen molar-refractivity contribution in [1.29, 1.82) is 0 Å². The third kappa shape index (κ3) is 3.45. The lowest BCUT2D eigenvalue weighted by atomic mass is 9.76. The Morgan fingerprint density at radius 3 is 2.81 bits per heavy atom. The van der Waals surface area contributed by atoms with E-state index < -0.39 is 34.9 Å². The van der Waals surface area contributed by atoms with Gasteiger partial charge in [-0.25, -0.2) is 4.79 Å². The van der Waals surface area contributed by atoms with Crippen LogP contribution in [0, 0.1) is 10.1 Å². The maximum Gasteiger partial charge on any atom is 0.325 e. The number of ether oxygens (including phenoxy) is 1. The average Bonchev–Trinajstić information content (AvgIpc) is 2.99. The van der Waals surface area contributed by atoms with Crippen LogP contribution < -0.4 is 15.4 Å². The zero-order valence-electron chi connectivity index (χ0n) is 16.7. The van der Waals surface area contributed by atoms with Gasteiger partial charge in [-0.3, -0.25) is 24.6 Å². The minimum atomic E-state index is -1.18. The average molecular weight is 424 g/mol. The molecule has 0 aromatic heterocycles. The molecule has 0 saturated carbocycles. The van der Waals surface area contributed by atoms with Crippen molar-refractivity contribution in [2.45, 2.75) is 24.8 Å². The van der Waals surface area contributed by atoms with Crippen molar-refractivity contribution in [3.63, 3.8) is 0 Å². The number of anilines is 1. The molecule has 4 rings (SSSR count). The molecule has 1 aliphatic heterocycles. The zero-order chi connectivity index (χ0) is 22.2. The number of nitro benzene ring substituents is 1. The van der Waals surface area contributed by atoms with Crippen molar-refractivity contribution in [3.8, 4) is 5.75 Å². The van der Waals surface area contributed by atoms with E-state index in [1.165, 1.54) is 25.3 Å². The summed E-state index contributed by atoms with van der Waals surface area (Å²) in [6, 6.07) is 10.7. The van der Waals surface area contributed by atoms with Gasteiger partial charge in [0.1, 0.15) is 23.5 Å². The van der Waals surface area contributed by atoms with E-state index in [9.17, 15) is 24.5 Å². The Kier molecular flexibility index (Phi) is 5.05. The molecule has 1 saturated heterocycles. The summed E-state index contributed by atoms with van der Waals surface area (Å²) < 4.78 is 4.97. The summed E-state index contributed by atoms with van der Waals surface area (Å²) in [6.45, 7) is -0.558. The number of amides is 4. The lowest BCUT2D eigenvalue weighted by molar-refractivity contribution is -0.384. The minimum Gasteiger partial charge on any atom is -0.496 e. The number of hydrogen-bond donors (Lipinski definition) is 2. The van der Waals surface area contributed by atoms with Gasteiger partial charge in [0.15, 0.2) is 0 Å². The van der Waals surface area contributed by atoms with Gasteiger partial charge >= 0.3 is 6.03 Å². The molecule has 2 N–H and O–H groups in total. The topological polar surface area (TPSA) is 131 Å². The number of carbonyl (C=O) groups excluding carboxylic acids is 3. The maximum absolute atomic E-state index is 13.2. The highest BCUT2D eigenvalue weighted by Gasteiger charge is 2.54. The first-order valence-electron chi connectivity index (χ1n) is 9.70. The number of aryl methyl sites for hydroxylation is 1. The molecule has 1 heterocycles. The lowest BCUT2D eigenvalue weighted by Crippen LogP contribution is -2.47. The van der Waals surface area contributed by atoms with Crippen LogP contribution >= 0.6 is 0 Å². The Balaban J connectivity index is 1.55. The smallest absolute Gasteiger partial charge is 0.325 e. The summed E-state index contributed by atoms with van der Waals surface area (Å²) in [5, 5.41) is 16.5. The van der Waals surface area contributed by atoms with E-state index in [0.717, 1.165) is 28.9 Å². The summed E-state index contributed by atoms with van der Waals surface area (Å²) in [5.41, 5.74) is 0.136. The van der Waals surface area contributed by atoms with E-state index in [1.54, 1.807) is 0 Å². The van der Waals surface area contributed by atoms with Crippen LogP contribution in [0.15, 0.2) is 42.5 Å². The standard InChI is InChI=1S/C21H20N4O6/c1-31-14-8-9-16(17(11-14)25(29)30)22-18(26)12-24-19(27)21(23-20(24)28)10-4-6-13-5-2-3-7-15(13)21/h2-3,5,7-9,11H,4,6,10,12H2,1H3,(H,22,26)(H,23,28)/t21-/m0/s1. The fourth-order valence-electron chi connectivity index (χ4n) is 4.18. The second kappa shape index (κ2) is 7.71. The number of benzene rings is 2. The van der Waals surface area contributed by atoms with E-state index in [4.69, 9.17) is 4.74 Å². The van der Waals surface area contributed by atoms with Crippen LogP contribution in [-0.2, 0) is 21.5 Å². The number of methoxy groups -OCH3 is 1. The summed E-state index contributed by atoms with van der Waals surface area (Å²) in [5.74, 6) is -0.960. The molecule has 10 heteroatoms. The Morgan fingerprint density at radius 2 is 2.06 bits per heavy atom. The second-order valence-corrected chi connectivity index (χ2v) is 7.43. The highest BCUT2D eigenvalue weighted by atomic mass is 16.6. The predicted octanol–water partition coefficient (Wildman–Crippen LogP) is 2.33. The molecule has 2 aliphatic rings. The molecule has 2 aromatic rings. The van der Waals surface area contributed by atoms with Crippen LogP contribution in [0.1, 0.15) is 24.0 Å². The van der Waals surface area contributed by atoms with E-state index in [-0.39, 0.29) is 17.1 Å². The van der Waals surface area contributed by atoms with Gasteiger partial charge in [-0.05, 0) is 42.5 Å². The molecular formula is C21H20N4O6. The number of nitrogens with zero attached hydrogens (tertiary/aromatic N) is 2. The Labute approximate surface area is 177 Å². The maximum atomic E-state index is 13.2. The highest BCUT2D eigenvalue weighted by Crippen LogP contribution is 2.40. The number of hydrogen-bond acceptors (Lipinski definition) is 6. The van der Waals surface area contributed by atoms with E-state index in [1.807, 2.05) is 24.3 Å². The highest BCUT2D eigenvalue weighted by molar-refractivity contribution is 6.10. The fraction of sp³-hybridized carbons (Fsp3) is 0.286. The van der Waals surface area contributed by atoms with Gasteiger partial charge in [-0.2, -0.15) is 0 Å². The Morgan fingerprint density at radius 1 is 1.29 bits per heavy atom. The number of nitrogens with one attached hydrogen (secondary N) is 2. The molecule has 0 radical (unpaired) electrons. The SMILES string of the molecule is COc1ccc(NC(=O)CN2C(=O)N[C@]3(CCCc4ccccc43)C2=O)c([N+](=O)[O-])c1. The molecule has 1 aliphatic carbocycles. The molecule has 2 aromatic carbocycles. The zero-order valence-corrected chi connectivity index (χ0v) is 16.7. The number of carbonyl (C=O) groups is 3. The number of imide groups is 1. The van der Waals surface area contributed by atoms with Gasteiger partial charge in [0, 0.05) is 0 Å². The molecular weight excluding hydrogens is 404 g/mol. The first-order valence-corrected chi connectivity index (χ1v) is 9.70. The van der Waals surface area contributed by atoms with Gasteiger partial charge in [0.25, 0.3) is 11.6 Å².